The molecule has 2 saturated heterocycles. The Morgan fingerprint density at radius 1 is 0.925 bits per heavy atom. The molecule has 2 aromatic carbocycles. The zero-order valence-corrected chi connectivity index (χ0v) is 23.8. The van der Waals surface area contributed by atoms with E-state index in [1.165, 1.54) is 37.7 Å². The summed E-state index contributed by atoms with van der Waals surface area (Å²) in [6, 6.07) is 16.4. The molecule has 3 heterocycles. The maximum atomic E-state index is 14.4. The van der Waals surface area contributed by atoms with Crippen molar-refractivity contribution in [3.63, 3.8) is 0 Å². The number of hydrogen-bond acceptors (Lipinski definition) is 4. The van der Waals surface area contributed by atoms with Crippen LogP contribution in [0.4, 0.5) is 11.4 Å². The van der Waals surface area contributed by atoms with Gasteiger partial charge in [-0.15, -0.1) is 0 Å². The Hall–Kier alpha value is -3.45. The molecular formula is C33H39N3O4. The number of fused-ring (bicyclic) bond motifs is 1. The lowest BCUT2D eigenvalue weighted by Gasteiger charge is -2.35. The topological polar surface area (TPSA) is 87.7 Å². The summed E-state index contributed by atoms with van der Waals surface area (Å²) in [7, 11) is 0. The van der Waals surface area contributed by atoms with Crippen LogP contribution in [-0.4, -0.2) is 40.5 Å². The number of benzene rings is 2. The molecule has 3 amide bonds. The van der Waals surface area contributed by atoms with Gasteiger partial charge in [0.2, 0.25) is 17.7 Å². The third kappa shape index (κ3) is 4.35. The molecule has 3 fully saturated rings. The van der Waals surface area contributed by atoms with Gasteiger partial charge < -0.3 is 15.4 Å². The Labute approximate surface area is 236 Å². The molecule has 0 aromatic heterocycles. The molecule has 40 heavy (non-hydrogen) atoms. The molecule has 3 aliphatic heterocycles. The van der Waals surface area contributed by atoms with Crippen LogP contribution < -0.4 is 15.5 Å². The molecule has 0 unspecified atom stereocenters. The van der Waals surface area contributed by atoms with E-state index in [1.54, 1.807) is 4.90 Å². The van der Waals surface area contributed by atoms with Crippen molar-refractivity contribution in [3.05, 3.63) is 72.3 Å². The Morgan fingerprint density at radius 3 is 2.25 bits per heavy atom. The van der Waals surface area contributed by atoms with E-state index >= 15 is 0 Å². The second-order valence-corrected chi connectivity index (χ2v) is 13.1. The Morgan fingerprint density at radius 2 is 1.60 bits per heavy atom. The number of rotatable bonds is 5. The maximum absolute atomic E-state index is 14.4. The molecule has 7 heteroatoms. The molecule has 4 aliphatic rings. The van der Waals surface area contributed by atoms with Gasteiger partial charge in [0.15, 0.2) is 0 Å². The molecule has 5 atom stereocenters. The molecule has 2 N–H and O–H groups in total. The van der Waals surface area contributed by atoms with Gasteiger partial charge in [-0.25, -0.2) is 0 Å². The van der Waals surface area contributed by atoms with Gasteiger partial charge in [-0.2, -0.15) is 0 Å². The number of para-hydroxylation sites is 1. The first-order valence-corrected chi connectivity index (χ1v) is 14.5. The van der Waals surface area contributed by atoms with Crippen LogP contribution in [0.2, 0.25) is 0 Å². The van der Waals surface area contributed by atoms with E-state index in [0.29, 0.717) is 17.3 Å². The third-order valence-corrected chi connectivity index (χ3v) is 9.02. The minimum atomic E-state index is -1.25. The van der Waals surface area contributed by atoms with Crippen LogP contribution in [0.3, 0.4) is 0 Å². The van der Waals surface area contributed by atoms with Gasteiger partial charge in [-0.1, -0.05) is 61.7 Å². The summed E-state index contributed by atoms with van der Waals surface area (Å²) in [6.07, 6.45) is 9.84. The highest BCUT2D eigenvalue weighted by molar-refractivity contribution is 6.11. The Balaban J connectivity index is 1.38. The first kappa shape index (κ1) is 26.8. The molecular weight excluding hydrogens is 502 g/mol. The summed E-state index contributed by atoms with van der Waals surface area (Å²) in [5.41, 5.74) is -0.193. The van der Waals surface area contributed by atoms with Crippen LogP contribution >= 0.6 is 0 Å². The summed E-state index contributed by atoms with van der Waals surface area (Å²) in [6.45, 7) is 7.59. The number of hydrogen-bond donors (Lipinski definition) is 2. The van der Waals surface area contributed by atoms with E-state index in [2.05, 4.69) is 22.8 Å². The lowest BCUT2D eigenvalue weighted by molar-refractivity contribution is -0.131. The summed E-state index contributed by atoms with van der Waals surface area (Å²) < 4.78 is 6.64. The first-order chi connectivity index (χ1) is 19.0. The number of carbonyl (C=O) groups excluding carboxylic acids is 3. The molecule has 7 nitrogen and oxygen atoms in total. The van der Waals surface area contributed by atoms with Crippen molar-refractivity contribution in [1.82, 2.24) is 5.32 Å². The van der Waals surface area contributed by atoms with E-state index in [0.717, 1.165) is 0 Å². The smallest absolute Gasteiger partial charge is 0.246 e. The van der Waals surface area contributed by atoms with E-state index in [9.17, 15) is 14.4 Å². The minimum Gasteiger partial charge on any atom is -0.356 e. The number of ether oxygens (including phenoxy) is 1. The summed E-state index contributed by atoms with van der Waals surface area (Å²) >= 11 is 0. The number of amides is 3. The highest BCUT2D eigenvalue weighted by Crippen LogP contribution is 2.60. The van der Waals surface area contributed by atoms with Crippen molar-refractivity contribution in [1.29, 1.82) is 0 Å². The fraction of sp³-hybridized carbons (Fsp3) is 0.485. The van der Waals surface area contributed by atoms with Gasteiger partial charge in [-0.05, 0) is 76.3 Å². The predicted octanol–water partition coefficient (Wildman–Crippen LogP) is 5.33. The van der Waals surface area contributed by atoms with Gasteiger partial charge >= 0.3 is 0 Å². The van der Waals surface area contributed by atoms with E-state index in [-0.39, 0.29) is 17.7 Å². The number of nitrogens with zero attached hydrogens (tertiary/aromatic N) is 1. The average Bonchev–Trinajstić information content (AvgIpc) is 3.49. The standard InChI is InChI=1S/C33H39N3O4/c1-31(2,3)35-29(38)27-33-20-19-32(4,40-33)25(28(37)34-23-13-9-6-10-14-23)26(33)30(39)36(27)24-17-15-22(16-18-24)21-11-7-5-8-12-21/h6,9-10,13-21,25-27H,5,7-8,11-12H2,1-4H3,(H,34,37)(H,35,38)/t25-,26+,27-,32-,33-/m1/s1. The molecule has 210 valence electrons. The monoisotopic (exact) mass is 541 g/mol. The molecule has 1 aliphatic carbocycles. The van der Waals surface area contributed by atoms with Gasteiger partial charge in [0.1, 0.15) is 11.6 Å². The highest BCUT2D eigenvalue weighted by atomic mass is 16.5. The Bertz CT molecular complexity index is 1340. The average molecular weight is 542 g/mol. The Kier molecular flexibility index (Phi) is 6.41. The van der Waals surface area contributed by atoms with Crippen LogP contribution in [0.15, 0.2) is 66.7 Å². The molecule has 2 bridgehead atoms. The van der Waals surface area contributed by atoms with Crippen molar-refractivity contribution in [2.24, 2.45) is 11.8 Å². The zero-order chi connectivity index (χ0) is 28.3. The van der Waals surface area contributed by atoms with Crippen LogP contribution in [0.1, 0.15) is 71.3 Å². The number of carbonyl (C=O) groups is 3. The molecule has 6 rings (SSSR count). The lowest BCUT2D eigenvalue weighted by Crippen LogP contribution is -2.58. The number of nitrogens with one attached hydrogen (secondary N) is 2. The molecule has 1 saturated carbocycles. The fourth-order valence-corrected chi connectivity index (χ4v) is 7.33. The van der Waals surface area contributed by atoms with Crippen molar-refractivity contribution < 1.29 is 19.1 Å². The van der Waals surface area contributed by atoms with E-state index < -0.39 is 34.6 Å². The van der Waals surface area contributed by atoms with Crippen molar-refractivity contribution in [2.75, 3.05) is 10.2 Å². The second-order valence-electron chi connectivity index (χ2n) is 13.1. The van der Waals surface area contributed by atoms with E-state index in [4.69, 9.17) is 4.74 Å². The highest BCUT2D eigenvalue weighted by Gasteiger charge is 2.76. The third-order valence-electron chi connectivity index (χ3n) is 9.02. The largest absolute Gasteiger partial charge is 0.356 e. The first-order valence-electron chi connectivity index (χ1n) is 14.5. The summed E-state index contributed by atoms with van der Waals surface area (Å²) in [5.74, 6) is -1.94. The molecule has 1 spiro atoms. The van der Waals surface area contributed by atoms with Crippen molar-refractivity contribution >= 4 is 29.1 Å². The van der Waals surface area contributed by atoms with Gasteiger partial charge in [-0.3, -0.25) is 19.3 Å². The molecule has 2 aromatic rings. The van der Waals surface area contributed by atoms with Crippen LogP contribution in [0.5, 0.6) is 0 Å². The minimum absolute atomic E-state index is 0.263. The predicted molar refractivity (Wildman–Crippen MR) is 155 cm³/mol. The second kappa shape index (κ2) is 9.58. The van der Waals surface area contributed by atoms with Gasteiger partial charge in [0.25, 0.3) is 0 Å². The SMILES string of the molecule is CC(C)(C)NC(=O)[C@H]1N(c2ccc(C3CCCCC3)cc2)C(=O)[C@@H]2[C@H](C(=O)Nc3ccccc3)[C@@]3(C)C=C[C@@]21O3. The van der Waals surface area contributed by atoms with Gasteiger partial charge in [0, 0.05) is 16.9 Å². The van der Waals surface area contributed by atoms with Gasteiger partial charge in [0.05, 0.1) is 17.4 Å². The van der Waals surface area contributed by atoms with E-state index in [1.807, 2.05) is 82.3 Å². The zero-order valence-electron chi connectivity index (χ0n) is 23.8. The van der Waals surface area contributed by atoms with Crippen LogP contribution in [0, 0.1) is 11.8 Å². The van der Waals surface area contributed by atoms with Crippen LogP contribution in [-0.2, 0) is 19.1 Å². The fourth-order valence-electron chi connectivity index (χ4n) is 7.33. The number of anilines is 2. The maximum Gasteiger partial charge on any atom is 0.246 e. The molecule has 0 radical (unpaired) electrons. The van der Waals surface area contributed by atoms with Crippen molar-refractivity contribution in [3.8, 4) is 0 Å². The normalized spacial score (nSPS) is 31.4. The van der Waals surface area contributed by atoms with Crippen molar-refractivity contribution in [2.45, 2.75) is 88.5 Å². The summed E-state index contributed by atoms with van der Waals surface area (Å²) in [5, 5.41) is 6.06. The lowest BCUT2D eigenvalue weighted by atomic mass is 9.70. The summed E-state index contributed by atoms with van der Waals surface area (Å²) in [4.78, 5) is 43.7. The quantitative estimate of drug-likeness (QED) is 0.501. The van der Waals surface area contributed by atoms with Crippen LogP contribution in [0.25, 0.3) is 0 Å².